The van der Waals surface area contributed by atoms with Crippen LogP contribution in [0, 0.1) is 0 Å². The number of aromatic hydroxyl groups is 1. The fraction of sp³-hybridized carbons (Fsp3) is 0.333. The topological polar surface area (TPSA) is 118 Å². The number of nitrogens with one attached hydrogen (secondary N) is 1. The number of aromatic nitrogens is 2. The average molecular weight is 358 g/mol. The molecule has 2 aromatic heterocycles. The summed E-state index contributed by atoms with van der Waals surface area (Å²) >= 11 is 1.52. The molecule has 1 aromatic carbocycles. The normalized spacial score (nSPS) is 14.9. The van der Waals surface area contributed by atoms with E-state index >= 15 is 0 Å². The van der Waals surface area contributed by atoms with Crippen molar-refractivity contribution < 1.29 is 9.90 Å². The minimum absolute atomic E-state index is 0.0466. The zero-order chi connectivity index (χ0) is 17.8. The second kappa shape index (κ2) is 7.67. The monoisotopic (exact) mass is 358 g/mol. The van der Waals surface area contributed by atoms with E-state index in [1.807, 2.05) is 17.5 Å². The van der Waals surface area contributed by atoms with Crippen molar-refractivity contribution in [1.29, 1.82) is 0 Å². The van der Waals surface area contributed by atoms with Gasteiger partial charge in [-0.1, -0.05) is 25.3 Å². The summed E-state index contributed by atoms with van der Waals surface area (Å²) in [6.07, 6.45) is 6.66. The fourth-order valence-electron chi connectivity index (χ4n) is 2.94. The first-order chi connectivity index (χ1) is 12.1. The number of amides is 1. The Bertz CT molecular complexity index is 851. The van der Waals surface area contributed by atoms with Gasteiger partial charge >= 0.3 is 0 Å². The number of imidazole rings is 1. The van der Waals surface area contributed by atoms with Crippen molar-refractivity contribution in [3.05, 3.63) is 35.2 Å². The molecule has 1 fully saturated rings. The van der Waals surface area contributed by atoms with Gasteiger partial charge in [0.05, 0.1) is 10.4 Å². The van der Waals surface area contributed by atoms with Crippen LogP contribution in [0.1, 0.15) is 42.5 Å². The molecule has 25 heavy (non-hydrogen) atoms. The zero-order valence-electron chi connectivity index (χ0n) is 13.9. The van der Waals surface area contributed by atoms with Crippen LogP contribution in [0.25, 0.3) is 21.7 Å². The highest BCUT2D eigenvalue weighted by Gasteiger charge is 2.15. The Morgan fingerprint density at radius 2 is 2.00 bits per heavy atom. The summed E-state index contributed by atoms with van der Waals surface area (Å²) in [6, 6.07) is 7.25. The number of nitrogens with zero attached hydrogens (tertiary/aromatic N) is 1. The van der Waals surface area contributed by atoms with Crippen molar-refractivity contribution >= 4 is 28.3 Å². The number of hydrogen-bond acceptors (Lipinski definition) is 5. The molecule has 0 bridgehead atoms. The standard InChI is InChI=1S/C12H9N3O2S.C6H13N/c13-11(17)6-3-4-7(16)10-9(6)14-12(15-10)8-2-1-5-18-8;7-6-4-2-1-3-5-6/h1-5,16H,(H2,13,17)(H,14,15);6H,1-5,7H2. The molecule has 0 saturated heterocycles. The predicted octanol–water partition coefficient (Wildman–Crippen LogP) is 3.37. The summed E-state index contributed by atoms with van der Waals surface area (Å²) < 4.78 is 0. The molecule has 0 atom stereocenters. The summed E-state index contributed by atoms with van der Waals surface area (Å²) in [6.45, 7) is 0. The summed E-state index contributed by atoms with van der Waals surface area (Å²) in [5.74, 6) is 0.0959. The van der Waals surface area contributed by atoms with Gasteiger partial charge in [0.15, 0.2) is 0 Å². The minimum atomic E-state index is -0.566. The summed E-state index contributed by atoms with van der Waals surface area (Å²) in [7, 11) is 0. The summed E-state index contributed by atoms with van der Waals surface area (Å²) in [4.78, 5) is 19.6. The number of primary amides is 1. The third-order valence-corrected chi connectivity index (χ3v) is 5.17. The number of H-pyrrole nitrogens is 1. The Balaban J connectivity index is 0.000000219. The number of benzene rings is 1. The van der Waals surface area contributed by atoms with Gasteiger partial charge < -0.3 is 21.6 Å². The molecule has 6 nitrogen and oxygen atoms in total. The molecule has 132 valence electrons. The highest BCUT2D eigenvalue weighted by molar-refractivity contribution is 7.13. The van der Waals surface area contributed by atoms with Crippen LogP contribution in [0.2, 0.25) is 0 Å². The predicted molar refractivity (Wildman–Crippen MR) is 101 cm³/mol. The largest absolute Gasteiger partial charge is 0.506 e. The third kappa shape index (κ3) is 4.00. The van der Waals surface area contributed by atoms with Crippen LogP contribution in [0.15, 0.2) is 29.6 Å². The Hall–Kier alpha value is -2.38. The van der Waals surface area contributed by atoms with Gasteiger partial charge in [-0.15, -0.1) is 11.3 Å². The number of carbonyl (C=O) groups is 1. The molecule has 4 rings (SSSR count). The molecule has 3 aromatic rings. The number of fused-ring (bicyclic) bond motifs is 1. The molecule has 2 heterocycles. The van der Waals surface area contributed by atoms with E-state index in [1.54, 1.807) is 0 Å². The number of phenolic OH excluding ortho intramolecular Hbond substituents is 1. The Labute approximate surface area is 149 Å². The lowest BCUT2D eigenvalue weighted by Crippen LogP contribution is -2.22. The quantitative estimate of drug-likeness (QED) is 0.561. The van der Waals surface area contributed by atoms with Crippen molar-refractivity contribution in [2.75, 3.05) is 0 Å². The van der Waals surface area contributed by atoms with Gasteiger partial charge in [0, 0.05) is 6.04 Å². The van der Waals surface area contributed by atoms with Crippen molar-refractivity contribution in [3.8, 4) is 16.5 Å². The van der Waals surface area contributed by atoms with Gasteiger partial charge in [0.25, 0.3) is 5.91 Å². The van der Waals surface area contributed by atoms with Crippen molar-refractivity contribution in [2.24, 2.45) is 11.5 Å². The molecule has 1 saturated carbocycles. The number of carbonyl (C=O) groups excluding carboxylic acids is 1. The molecule has 1 aliphatic rings. The van der Waals surface area contributed by atoms with Gasteiger partial charge in [-0.25, -0.2) is 4.98 Å². The maximum atomic E-state index is 11.3. The maximum Gasteiger partial charge on any atom is 0.250 e. The number of rotatable bonds is 2. The highest BCUT2D eigenvalue weighted by atomic mass is 32.1. The van der Waals surface area contributed by atoms with Crippen LogP contribution in [-0.2, 0) is 0 Å². The zero-order valence-corrected chi connectivity index (χ0v) is 14.7. The van der Waals surface area contributed by atoms with Gasteiger partial charge in [-0.05, 0) is 36.4 Å². The van der Waals surface area contributed by atoms with Gasteiger partial charge in [0.2, 0.25) is 0 Å². The van der Waals surface area contributed by atoms with E-state index in [4.69, 9.17) is 11.5 Å². The molecular weight excluding hydrogens is 336 g/mol. The first-order valence-electron chi connectivity index (χ1n) is 8.37. The van der Waals surface area contributed by atoms with E-state index in [-0.39, 0.29) is 5.75 Å². The van der Waals surface area contributed by atoms with Crippen LogP contribution in [0.5, 0.6) is 5.75 Å². The van der Waals surface area contributed by atoms with Crippen LogP contribution < -0.4 is 11.5 Å². The van der Waals surface area contributed by atoms with E-state index in [2.05, 4.69) is 9.97 Å². The van der Waals surface area contributed by atoms with Crippen molar-refractivity contribution in [3.63, 3.8) is 0 Å². The lowest BCUT2D eigenvalue weighted by Gasteiger charge is -2.15. The number of aromatic amines is 1. The second-order valence-electron chi connectivity index (χ2n) is 6.18. The number of thiophene rings is 1. The Kier molecular flexibility index (Phi) is 5.35. The Morgan fingerprint density at radius 1 is 1.24 bits per heavy atom. The summed E-state index contributed by atoms with van der Waals surface area (Å²) in [5.41, 5.74) is 12.0. The highest BCUT2D eigenvalue weighted by Crippen LogP contribution is 2.30. The lowest BCUT2D eigenvalue weighted by atomic mass is 9.97. The van der Waals surface area contributed by atoms with Gasteiger partial charge in [-0.3, -0.25) is 4.79 Å². The van der Waals surface area contributed by atoms with Gasteiger partial charge in [0.1, 0.15) is 22.6 Å². The fourth-order valence-corrected chi connectivity index (χ4v) is 3.61. The Morgan fingerprint density at radius 3 is 2.56 bits per heavy atom. The number of hydrogen-bond donors (Lipinski definition) is 4. The molecule has 1 amide bonds. The molecule has 6 N–H and O–H groups in total. The van der Waals surface area contributed by atoms with E-state index < -0.39 is 5.91 Å². The van der Waals surface area contributed by atoms with Crippen molar-refractivity contribution in [2.45, 2.75) is 38.1 Å². The lowest BCUT2D eigenvalue weighted by molar-refractivity contribution is 0.100. The first kappa shape index (κ1) is 17.4. The smallest absolute Gasteiger partial charge is 0.250 e. The molecular formula is C18H22N4O2S. The van der Waals surface area contributed by atoms with E-state index in [0.717, 1.165) is 4.88 Å². The maximum absolute atomic E-state index is 11.3. The number of phenols is 1. The SMILES string of the molecule is NC(=O)c1ccc(O)c2[nH]c(-c3cccs3)nc12.NC1CCCCC1. The van der Waals surface area contributed by atoms with Crippen LogP contribution in [0.3, 0.4) is 0 Å². The first-order valence-corrected chi connectivity index (χ1v) is 9.25. The van der Waals surface area contributed by atoms with Crippen LogP contribution in [-0.4, -0.2) is 27.0 Å². The van der Waals surface area contributed by atoms with Crippen molar-refractivity contribution in [1.82, 2.24) is 9.97 Å². The molecule has 0 aliphatic heterocycles. The van der Waals surface area contributed by atoms with Crippen LogP contribution in [0.4, 0.5) is 0 Å². The molecule has 0 spiro atoms. The summed E-state index contributed by atoms with van der Waals surface area (Å²) in [5, 5.41) is 11.7. The second-order valence-corrected chi connectivity index (χ2v) is 7.13. The molecule has 7 heteroatoms. The third-order valence-electron chi connectivity index (χ3n) is 4.29. The molecule has 0 radical (unpaired) electrons. The molecule has 1 aliphatic carbocycles. The van der Waals surface area contributed by atoms with Crippen LogP contribution >= 0.6 is 11.3 Å². The van der Waals surface area contributed by atoms with E-state index in [1.165, 1.54) is 55.6 Å². The number of nitrogens with two attached hydrogens (primary N) is 2. The van der Waals surface area contributed by atoms with E-state index in [9.17, 15) is 9.90 Å². The average Bonchev–Trinajstić information content (AvgIpc) is 3.26. The van der Waals surface area contributed by atoms with E-state index in [0.29, 0.717) is 28.5 Å². The molecule has 0 unspecified atom stereocenters. The minimum Gasteiger partial charge on any atom is -0.506 e. The van der Waals surface area contributed by atoms with Gasteiger partial charge in [-0.2, -0.15) is 0 Å².